The Morgan fingerprint density at radius 3 is 0.845 bits per heavy atom. The maximum Gasteiger partial charge on any atom is 0.306 e. The highest BCUT2D eigenvalue weighted by atomic mass is 16.6. The van der Waals surface area contributed by atoms with Crippen molar-refractivity contribution in [2.75, 3.05) is 13.2 Å². The molecule has 0 aliphatic rings. The van der Waals surface area contributed by atoms with E-state index in [4.69, 9.17) is 14.2 Å². The van der Waals surface area contributed by atoms with Crippen LogP contribution in [0.25, 0.3) is 0 Å². The predicted molar refractivity (Wildman–Crippen MR) is 247 cm³/mol. The molecule has 0 aromatic carbocycles. The molecule has 0 saturated heterocycles. The Bertz CT molecular complexity index is 885. The van der Waals surface area contributed by atoms with Crippen molar-refractivity contribution in [3.05, 3.63) is 0 Å². The van der Waals surface area contributed by atoms with E-state index in [2.05, 4.69) is 34.6 Å². The van der Waals surface area contributed by atoms with Crippen LogP contribution in [0.2, 0.25) is 0 Å². The summed E-state index contributed by atoms with van der Waals surface area (Å²) in [7, 11) is 0. The van der Waals surface area contributed by atoms with Crippen LogP contribution in [0, 0.1) is 11.8 Å². The van der Waals surface area contributed by atoms with Gasteiger partial charge in [-0.2, -0.15) is 0 Å². The third-order valence-electron chi connectivity index (χ3n) is 11.7. The molecule has 0 radical (unpaired) electrons. The fourth-order valence-corrected chi connectivity index (χ4v) is 7.81. The van der Waals surface area contributed by atoms with Crippen molar-refractivity contribution < 1.29 is 28.6 Å². The summed E-state index contributed by atoms with van der Waals surface area (Å²) in [6, 6.07) is 0. The van der Waals surface area contributed by atoms with Crippen LogP contribution >= 0.6 is 0 Å². The molecule has 0 rings (SSSR count). The van der Waals surface area contributed by atoms with Crippen molar-refractivity contribution in [2.45, 2.75) is 291 Å². The van der Waals surface area contributed by atoms with Gasteiger partial charge in [0.2, 0.25) is 0 Å². The van der Waals surface area contributed by atoms with Crippen LogP contribution < -0.4 is 0 Å². The third kappa shape index (κ3) is 45.5. The van der Waals surface area contributed by atoms with E-state index in [0.717, 1.165) is 69.6 Å². The van der Waals surface area contributed by atoms with Crippen molar-refractivity contribution in [1.82, 2.24) is 0 Å². The number of ether oxygens (including phenoxy) is 3. The van der Waals surface area contributed by atoms with E-state index in [1.807, 2.05) is 0 Å². The minimum Gasteiger partial charge on any atom is -0.462 e. The smallest absolute Gasteiger partial charge is 0.306 e. The first kappa shape index (κ1) is 56.4. The summed E-state index contributed by atoms with van der Waals surface area (Å²) in [4.78, 5) is 37.9. The van der Waals surface area contributed by atoms with Gasteiger partial charge in [0.25, 0.3) is 0 Å². The molecule has 0 aromatic rings. The van der Waals surface area contributed by atoms with Gasteiger partial charge in [-0.25, -0.2) is 0 Å². The van der Waals surface area contributed by atoms with E-state index in [9.17, 15) is 14.4 Å². The molecule has 1 atom stereocenters. The van der Waals surface area contributed by atoms with Crippen molar-refractivity contribution in [2.24, 2.45) is 11.8 Å². The molecule has 0 amide bonds. The zero-order valence-corrected chi connectivity index (χ0v) is 39.7. The van der Waals surface area contributed by atoms with E-state index in [1.165, 1.54) is 173 Å². The molecule has 0 saturated carbocycles. The monoisotopic (exact) mass is 821 g/mol. The summed E-state index contributed by atoms with van der Waals surface area (Å²) in [6.45, 7) is 11.4. The largest absolute Gasteiger partial charge is 0.462 e. The molecular weight excluding hydrogens is 721 g/mol. The van der Waals surface area contributed by atoms with Crippen LogP contribution in [0.1, 0.15) is 285 Å². The zero-order chi connectivity index (χ0) is 42.6. The summed E-state index contributed by atoms with van der Waals surface area (Å²) in [5.41, 5.74) is 0. The number of carbonyl (C=O) groups is 3. The highest BCUT2D eigenvalue weighted by Crippen LogP contribution is 2.17. The number of hydrogen-bond acceptors (Lipinski definition) is 6. The van der Waals surface area contributed by atoms with Crippen molar-refractivity contribution >= 4 is 17.9 Å². The lowest BCUT2D eigenvalue weighted by Crippen LogP contribution is -2.30. The van der Waals surface area contributed by atoms with E-state index in [1.54, 1.807) is 0 Å². The summed E-state index contributed by atoms with van der Waals surface area (Å²) < 4.78 is 16.8. The van der Waals surface area contributed by atoms with Crippen LogP contribution in [0.3, 0.4) is 0 Å². The fourth-order valence-electron chi connectivity index (χ4n) is 7.81. The van der Waals surface area contributed by atoms with Gasteiger partial charge in [-0.1, -0.05) is 247 Å². The van der Waals surface area contributed by atoms with Crippen LogP contribution in [0.15, 0.2) is 0 Å². The number of unbranched alkanes of at least 4 members (excludes halogenated alkanes) is 31. The summed E-state index contributed by atoms with van der Waals surface area (Å²) >= 11 is 0. The summed E-state index contributed by atoms with van der Waals surface area (Å²) in [5.74, 6) is 0.817. The Kier molecular flexibility index (Phi) is 43.7. The van der Waals surface area contributed by atoms with Gasteiger partial charge >= 0.3 is 17.9 Å². The van der Waals surface area contributed by atoms with Gasteiger partial charge in [0, 0.05) is 19.3 Å². The van der Waals surface area contributed by atoms with Gasteiger partial charge in [0.15, 0.2) is 6.10 Å². The number of esters is 3. The highest BCUT2D eigenvalue weighted by Gasteiger charge is 2.19. The molecule has 58 heavy (non-hydrogen) atoms. The minimum absolute atomic E-state index is 0.0637. The normalized spacial score (nSPS) is 12.1. The molecule has 0 unspecified atom stereocenters. The Hall–Kier alpha value is -1.59. The van der Waals surface area contributed by atoms with Gasteiger partial charge in [-0.15, -0.1) is 0 Å². The second-order valence-corrected chi connectivity index (χ2v) is 18.8. The van der Waals surface area contributed by atoms with E-state index in [0.29, 0.717) is 19.3 Å². The van der Waals surface area contributed by atoms with Gasteiger partial charge in [0.1, 0.15) is 13.2 Å². The maximum atomic E-state index is 12.8. The zero-order valence-electron chi connectivity index (χ0n) is 39.7. The molecule has 6 heteroatoms. The molecule has 0 bridgehead atoms. The second-order valence-electron chi connectivity index (χ2n) is 18.8. The Labute approximate surface area is 361 Å². The third-order valence-corrected chi connectivity index (χ3v) is 11.7. The molecule has 0 heterocycles. The fraction of sp³-hybridized carbons (Fsp3) is 0.942. The first-order chi connectivity index (χ1) is 28.2. The standard InChI is InChI=1S/C52H100O6/c1-6-7-8-9-10-11-22-27-32-37-42-50(53)56-45-49(58-52(55)44-39-34-29-24-19-15-13-17-21-26-31-36-41-48(4)5)46-57-51(54)43-38-33-28-23-18-14-12-16-20-25-30-35-40-47(2)3/h47-49H,6-46H2,1-5H3/t49-/m0/s1. The van der Waals surface area contributed by atoms with Gasteiger partial charge < -0.3 is 14.2 Å². The van der Waals surface area contributed by atoms with E-state index >= 15 is 0 Å². The first-order valence-corrected chi connectivity index (χ1v) is 25.7. The SMILES string of the molecule is CCCCCCCCCCCCC(=O)OC[C@@H](COC(=O)CCCCCCCCCCCCCCC(C)C)OC(=O)CCCCCCCCCCCCCCC(C)C. The average Bonchev–Trinajstić information content (AvgIpc) is 3.19. The van der Waals surface area contributed by atoms with Gasteiger partial charge in [0.05, 0.1) is 0 Å². The van der Waals surface area contributed by atoms with Gasteiger partial charge in [-0.3, -0.25) is 14.4 Å². The molecular formula is C52H100O6. The molecule has 344 valence electrons. The molecule has 0 fully saturated rings. The van der Waals surface area contributed by atoms with Crippen LogP contribution in [0.4, 0.5) is 0 Å². The Morgan fingerprint density at radius 2 is 0.569 bits per heavy atom. The van der Waals surface area contributed by atoms with Crippen LogP contribution in [0.5, 0.6) is 0 Å². The Morgan fingerprint density at radius 1 is 0.328 bits per heavy atom. The highest BCUT2D eigenvalue weighted by molar-refractivity contribution is 5.71. The van der Waals surface area contributed by atoms with E-state index < -0.39 is 6.10 Å². The van der Waals surface area contributed by atoms with Crippen molar-refractivity contribution in [3.63, 3.8) is 0 Å². The Balaban J connectivity index is 4.29. The lowest BCUT2D eigenvalue weighted by Gasteiger charge is -2.18. The van der Waals surface area contributed by atoms with Crippen LogP contribution in [-0.2, 0) is 28.6 Å². The lowest BCUT2D eigenvalue weighted by molar-refractivity contribution is -0.167. The van der Waals surface area contributed by atoms with Gasteiger partial charge in [-0.05, 0) is 31.1 Å². The van der Waals surface area contributed by atoms with Crippen LogP contribution in [-0.4, -0.2) is 37.2 Å². The quantitative estimate of drug-likeness (QED) is 0.0346. The van der Waals surface area contributed by atoms with Crippen molar-refractivity contribution in [3.8, 4) is 0 Å². The molecule has 6 nitrogen and oxygen atoms in total. The first-order valence-electron chi connectivity index (χ1n) is 25.7. The molecule has 0 spiro atoms. The summed E-state index contributed by atoms with van der Waals surface area (Å²) in [5, 5.41) is 0. The topological polar surface area (TPSA) is 78.9 Å². The predicted octanol–water partition coefficient (Wildman–Crippen LogP) is 16.5. The minimum atomic E-state index is -0.761. The van der Waals surface area contributed by atoms with Crippen molar-refractivity contribution in [1.29, 1.82) is 0 Å². The molecule has 0 aliphatic carbocycles. The number of carbonyl (C=O) groups excluding carboxylic acids is 3. The molecule has 0 aromatic heterocycles. The molecule has 0 N–H and O–H groups in total. The summed E-state index contributed by atoms with van der Waals surface area (Å²) in [6.07, 6.45) is 45.1. The number of hydrogen-bond donors (Lipinski definition) is 0. The average molecular weight is 821 g/mol. The number of rotatable bonds is 46. The second kappa shape index (κ2) is 44.9. The molecule has 0 aliphatic heterocycles. The lowest BCUT2D eigenvalue weighted by atomic mass is 10.0. The van der Waals surface area contributed by atoms with E-state index in [-0.39, 0.29) is 31.1 Å². The maximum absolute atomic E-state index is 12.8.